The maximum Gasteiger partial charge on any atom is 0.422 e. The van der Waals surface area contributed by atoms with Gasteiger partial charge in [0.05, 0.1) is 13.7 Å². The minimum absolute atomic E-state index is 0.0219. The van der Waals surface area contributed by atoms with Crippen molar-refractivity contribution >= 4 is 5.91 Å². The summed E-state index contributed by atoms with van der Waals surface area (Å²) in [4.78, 5) is 14.6. The number of benzene rings is 1. The van der Waals surface area contributed by atoms with Crippen molar-refractivity contribution in [2.75, 3.05) is 34.0 Å². The Labute approximate surface area is 164 Å². The Morgan fingerprint density at radius 1 is 1.14 bits per heavy atom. The van der Waals surface area contributed by atoms with Gasteiger partial charge in [0.25, 0.3) is 0 Å². The number of nitrogens with zero attached hydrogens (tertiary/aromatic N) is 1. The summed E-state index contributed by atoms with van der Waals surface area (Å²) < 4.78 is 52.0. The van der Waals surface area contributed by atoms with Crippen LogP contribution in [-0.2, 0) is 16.0 Å². The van der Waals surface area contributed by atoms with Crippen LogP contribution < -0.4 is 9.47 Å². The van der Waals surface area contributed by atoms with E-state index in [1.165, 1.54) is 13.2 Å². The van der Waals surface area contributed by atoms with E-state index in [0.29, 0.717) is 26.0 Å². The summed E-state index contributed by atoms with van der Waals surface area (Å²) in [6, 6.07) is 4.86. The van der Waals surface area contributed by atoms with Gasteiger partial charge in [-0.05, 0) is 37.0 Å². The molecule has 8 heteroatoms. The molecule has 160 valence electrons. The molecule has 0 atom stereocenters. The summed E-state index contributed by atoms with van der Waals surface area (Å²) in [5, 5.41) is 0. The van der Waals surface area contributed by atoms with Gasteiger partial charge in [-0.15, -0.1) is 0 Å². The normalized spacial score (nSPS) is 11.6. The molecule has 0 N–H and O–H groups in total. The highest BCUT2D eigenvalue weighted by molar-refractivity contribution is 5.76. The average molecular weight is 405 g/mol. The molecule has 0 aliphatic rings. The van der Waals surface area contributed by atoms with Crippen LogP contribution in [0.3, 0.4) is 0 Å². The molecule has 0 heterocycles. The number of ether oxygens (including phenoxy) is 3. The van der Waals surface area contributed by atoms with Gasteiger partial charge in [0, 0.05) is 26.1 Å². The predicted molar refractivity (Wildman–Crippen MR) is 101 cm³/mol. The average Bonchev–Trinajstić information content (AvgIpc) is 2.67. The molecule has 0 aliphatic heterocycles. The van der Waals surface area contributed by atoms with Crippen molar-refractivity contribution in [2.24, 2.45) is 0 Å². The molecule has 0 unspecified atom stereocenters. The number of methoxy groups -OCH3 is 2. The fourth-order valence-corrected chi connectivity index (χ4v) is 2.97. The number of halogens is 3. The van der Waals surface area contributed by atoms with E-state index in [4.69, 9.17) is 14.2 Å². The lowest BCUT2D eigenvalue weighted by molar-refractivity contribution is -0.153. The van der Waals surface area contributed by atoms with E-state index in [2.05, 4.69) is 0 Å². The Bertz CT molecular complexity index is 604. The molecule has 0 fully saturated rings. The number of amides is 1. The lowest BCUT2D eigenvalue weighted by Gasteiger charge is -2.30. The van der Waals surface area contributed by atoms with Crippen LogP contribution in [-0.4, -0.2) is 57.0 Å². The van der Waals surface area contributed by atoms with E-state index >= 15 is 0 Å². The quantitative estimate of drug-likeness (QED) is 0.522. The van der Waals surface area contributed by atoms with Crippen LogP contribution in [0, 0.1) is 0 Å². The summed E-state index contributed by atoms with van der Waals surface area (Å²) in [6.07, 6.45) is -1.93. The largest absolute Gasteiger partial charge is 0.493 e. The number of hydrogen-bond donors (Lipinski definition) is 0. The second-order valence-corrected chi connectivity index (χ2v) is 6.44. The fourth-order valence-electron chi connectivity index (χ4n) is 2.97. The molecule has 0 aromatic heterocycles. The number of carbonyl (C=O) groups excluding carboxylic acids is 1. The van der Waals surface area contributed by atoms with E-state index in [0.717, 1.165) is 18.4 Å². The van der Waals surface area contributed by atoms with Crippen LogP contribution in [0.2, 0.25) is 0 Å². The molecule has 0 saturated heterocycles. The van der Waals surface area contributed by atoms with Crippen LogP contribution in [0.1, 0.15) is 38.7 Å². The van der Waals surface area contributed by atoms with Crippen molar-refractivity contribution < 1.29 is 32.2 Å². The molecular formula is C20H30F3NO4. The zero-order chi connectivity index (χ0) is 21.2. The van der Waals surface area contributed by atoms with Gasteiger partial charge in [-0.1, -0.05) is 19.9 Å². The Balaban J connectivity index is 2.77. The second-order valence-electron chi connectivity index (χ2n) is 6.44. The second kappa shape index (κ2) is 11.8. The van der Waals surface area contributed by atoms with E-state index in [-0.39, 0.29) is 23.4 Å². The van der Waals surface area contributed by atoms with Gasteiger partial charge < -0.3 is 19.1 Å². The van der Waals surface area contributed by atoms with Crippen molar-refractivity contribution in [3.8, 4) is 11.5 Å². The Morgan fingerprint density at radius 2 is 1.82 bits per heavy atom. The van der Waals surface area contributed by atoms with Crippen LogP contribution in [0.5, 0.6) is 11.5 Å². The van der Waals surface area contributed by atoms with Crippen molar-refractivity contribution in [1.29, 1.82) is 0 Å². The van der Waals surface area contributed by atoms with E-state index < -0.39 is 12.8 Å². The highest BCUT2D eigenvalue weighted by Crippen LogP contribution is 2.30. The molecule has 1 aromatic carbocycles. The molecule has 28 heavy (non-hydrogen) atoms. The smallest absolute Gasteiger partial charge is 0.422 e. The first-order valence-corrected chi connectivity index (χ1v) is 9.40. The minimum atomic E-state index is -4.42. The van der Waals surface area contributed by atoms with Crippen molar-refractivity contribution in [3.05, 3.63) is 23.8 Å². The number of rotatable bonds is 12. The maximum absolute atomic E-state index is 12.7. The van der Waals surface area contributed by atoms with Crippen molar-refractivity contribution in [2.45, 2.75) is 51.7 Å². The molecule has 0 radical (unpaired) electrons. The molecule has 1 amide bonds. The summed E-state index contributed by atoms with van der Waals surface area (Å²) >= 11 is 0. The highest BCUT2D eigenvalue weighted by Gasteiger charge is 2.29. The molecule has 0 aliphatic carbocycles. The van der Waals surface area contributed by atoms with Gasteiger partial charge in [-0.25, -0.2) is 0 Å². The third kappa shape index (κ3) is 7.96. The first-order valence-electron chi connectivity index (χ1n) is 9.40. The molecule has 5 nitrogen and oxygen atoms in total. The Kier molecular flexibility index (Phi) is 10.1. The van der Waals surface area contributed by atoms with Crippen LogP contribution in [0.25, 0.3) is 0 Å². The van der Waals surface area contributed by atoms with Gasteiger partial charge >= 0.3 is 6.18 Å². The first-order chi connectivity index (χ1) is 13.3. The van der Waals surface area contributed by atoms with Gasteiger partial charge in [-0.2, -0.15) is 13.2 Å². The summed E-state index contributed by atoms with van der Waals surface area (Å²) in [5.41, 5.74) is 0.792. The van der Waals surface area contributed by atoms with E-state index in [1.54, 1.807) is 19.2 Å². The first kappa shape index (κ1) is 24.1. The van der Waals surface area contributed by atoms with Crippen LogP contribution in [0.4, 0.5) is 13.2 Å². The monoisotopic (exact) mass is 405 g/mol. The third-order valence-electron chi connectivity index (χ3n) is 4.49. The minimum Gasteiger partial charge on any atom is -0.493 e. The van der Waals surface area contributed by atoms with E-state index in [9.17, 15) is 18.0 Å². The number of aryl methyl sites for hydroxylation is 1. The fraction of sp³-hybridized carbons (Fsp3) is 0.650. The lowest BCUT2D eigenvalue weighted by atomic mass is 10.1. The lowest BCUT2D eigenvalue weighted by Crippen LogP contribution is -2.41. The topological polar surface area (TPSA) is 48.0 Å². The highest BCUT2D eigenvalue weighted by atomic mass is 19.4. The Morgan fingerprint density at radius 3 is 2.36 bits per heavy atom. The zero-order valence-electron chi connectivity index (χ0n) is 17.0. The van der Waals surface area contributed by atoms with Crippen LogP contribution >= 0.6 is 0 Å². The van der Waals surface area contributed by atoms with Gasteiger partial charge in [0.1, 0.15) is 0 Å². The van der Waals surface area contributed by atoms with E-state index in [1.807, 2.05) is 18.7 Å². The van der Waals surface area contributed by atoms with Gasteiger partial charge in [-0.3, -0.25) is 4.79 Å². The summed E-state index contributed by atoms with van der Waals surface area (Å²) in [7, 11) is 2.97. The van der Waals surface area contributed by atoms with Gasteiger partial charge in [0.2, 0.25) is 5.91 Å². The Hall–Kier alpha value is -1.96. The maximum atomic E-state index is 12.7. The molecule has 1 aromatic rings. The van der Waals surface area contributed by atoms with Crippen molar-refractivity contribution in [1.82, 2.24) is 4.90 Å². The third-order valence-corrected chi connectivity index (χ3v) is 4.49. The van der Waals surface area contributed by atoms with Crippen LogP contribution in [0.15, 0.2) is 18.2 Å². The zero-order valence-corrected chi connectivity index (χ0v) is 17.0. The summed E-state index contributed by atoms with van der Waals surface area (Å²) in [5.74, 6) is 0.265. The number of hydrogen-bond acceptors (Lipinski definition) is 4. The van der Waals surface area contributed by atoms with Gasteiger partial charge in [0.15, 0.2) is 18.1 Å². The number of alkyl halides is 3. The predicted octanol–water partition coefficient (Wildman–Crippen LogP) is 4.23. The summed E-state index contributed by atoms with van der Waals surface area (Å²) in [6.45, 7) is 3.72. The standard InChI is InChI=1S/C20H30F3NO4/c1-5-16(6-2)24(11-12-26-3)19(25)10-8-15-7-9-17(18(13-15)27-4)28-14-20(21,22)23/h7,9,13,16H,5-6,8,10-12,14H2,1-4H3. The van der Waals surface area contributed by atoms with Crippen molar-refractivity contribution in [3.63, 3.8) is 0 Å². The molecule has 0 saturated carbocycles. The number of carbonyl (C=O) groups is 1. The molecular weight excluding hydrogens is 375 g/mol. The SMILES string of the molecule is CCC(CC)N(CCOC)C(=O)CCc1ccc(OCC(F)(F)F)c(OC)c1. The molecule has 0 spiro atoms. The molecule has 0 bridgehead atoms. The molecule has 1 rings (SSSR count).